The Morgan fingerprint density at radius 3 is 2.89 bits per heavy atom. The van der Waals surface area contributed by atoms with Crippen molar-refractivity contribution >= 4 is 28.9 Å². The maximum Gasteiger partial charge on any atom is 0.306 e. The summed E-state index contributed by atoms with van der Waals surface area (Å²) >= 11 is 7.45. The Hall–Kier alpha value is -1.59. The van der Waals surface area contributed by atoms with Gasteiger partial charge in [-0.2, -0.15) is 0 Å². The summed E-state index contributed by atoms with van der Waals surface area (Å²) in [4.78, 5) is 16.0. The van der Waals surface area contributed by atoms with Gasteiger partial charge in [0.25, 0.3) is 0 Å². The Morgan fingerprint density at radius 2 is 2.26 bits per heavy atom. The first-order valence-corrected chi connectivity index (χ1v) is 6.83. The maximum absolute atomic E-state index is 10.8. The van der Waals surface area contributed by atoms with E-state index in [2.05, 4.69) is 4.98 Å². The number of hydrogen-bond donors (Lipinski definition) is 2. The van der Waals surface area contributed by atoms with Crippen molar-refractivity contribution in [3.05, 3.63) is 34.3 Å². The first-order chi connectivity index (χ1) is 8.97. The molecule has 2 aromatic rings. The fourth-order valence-corrected chi connectivity index (χ4v) is 2.99. The smallest absolute Gasteiger partial charge is 0.306 e. The minimum Gasteiger partial charge on any atom is -0.508 e. The first-order valence-electron chi connectivity index (χ1n) is 5.63. The molecule has 0 aliphatic heterocycles. The number of halogens is 1. The summed E-state index contributed by atoms with van der Waals surface area (Å²) < 4.78 is 0. The Kier molecular flexibility index (Phi) is 4.07. The van der Waals surface area contributed by atoms with Gasteiger partial charge in [0.05, 0.1) is 10.9 Å². The van der Waals surface area contributed by atoms with Crippen molar-refractivity contribution in [2.24, 2.45) is 5.92 Å². The van der Waals surface area contributed by atoms with Crippen molar-refractivity contribution in [2.45, 2.75) is 13.3 Å². The van der Waals surface area contributed by atoms with Crippen molar-refractivity contribution in [2.75, 3.05) is 0 Å². The second-order valence-corrected chi connectivity index (χ2v) is 5.76. The number of phenolic OH excluding ortho intramolecular Hbond substituents is 1. The van der Waals surface area contributed by atoms with Crippen molar-refractivity contribution in [3.63, 3.8) is 0 Å². The zero-order chi connectivity index (χ0) is 14.0. The highest BCUT2D eigenvalue weighted by Gasteiger charge is 2.15. The number of carboxylic acids is 1. The predicted molar refractivity (Wildman–Crippen MR) is 74.7 cm³/mol. The lowest BCUT2D eigenvalue weighted by molar-refractivity contribution is -0.141. The number of rotatable bonds is 4. The maximum atomic E-state index is 10.8. The second kappa shape index (κ2) is 5.59. The van der Waals surface area contributed by atoms with Crippen molar-refractivity contribution in [3.8, 4) is 16.3 Å². The molecule has 1 heterocycles. The van der Waals surface area contributed by atoms with E-state index in [0.29, 0.717) is 11.4 Å². The predicted octanol–water partition coefficient (Wildman–Crippen LogP) is 3.43. The van der Waals surface area contributed by atoms with E-state index in [1.54, 1.807) is 25.3 Å². The minimum atomic E-state index is -0.822. The Bertz CT molecular complexity index is 612. The van der Waals surface area contributed by atoms with Gasteiger partial charge < -0.3 is 10.2 Å². The molecule has 0 aliphatic carbocycles. The van der Waals surface area contributed by atoms with Gasteiger partial charge in [-0.1, -0.05) is 18.5 Å². The molecule has 2 rings (SSSR count). The molecule has 6 heteroatoms. The van der Waals surface area contributed by atoms with E-state index >= 15 is 0 Å². The summed E-state index contributed by atoms with van der Waals surface area (Å²) in [6.07, 6.45) is 2.12. The molecule has 1 aromatic carbocycles. The molecule has 1 aromatic heterocycles. The molecule has 100 valence electrons. The molecule has 4 nitrogen and oxygen atoms in total. The lowest BCUT2D eigenvalue weighted by Gasteiger charge is -2.02. The summed E-state index contributed by atoms with van der Waals surface area (Å²) in [6, 6.07) is 4.70. The quantitative estimate of drug-likeness (QED) is 0.907. The van der Waals surface area contributed by atoms with Gasteiger partial charge in [0.2, 0.25) is 0 Å². The Labute approximate surface area is 119 Å². The highest BCUT2D eigenvalue weighted by atomic mass is 35.5. The molecule has 0 bridgehead atoms. The molecule has 0 aliphatic rings. The van der Waals surface area contributed by atoms with E-state index in [0.717, 1.165) is 15.4 Å². The van der Waals surface area contributed by atoms with Crippen LogP contribution in [0.2, 0.25) is 5.02 Å². The van der Waals surface area contributed by atoms with Gasteiger partial charge in [0.1, 0.15) is 10.8 Å². The summed E-state index contributed by atoms with van der Waals surface area (Å²) in [6.45, 7) is 1.66. The van der Waals surface area contributed by atoms with Crippen LogP contribution in [0.1, 0.15) is 11.8 Å². The van der Waals surface area contributed by atoms with Gasteiger partial charge >= 0.3 is 5.97 Å². The van der Waals surface area contributed by atoms with Gasteiger partial charge in [-0.15, -0.1) is 11.3 Å². The van der Waals surface area contributed by atoms with Gasteiger partial charge in [-0.3, -0.25) is 4.79 Å². The topological polar surface area (TPSA) is 70.4 Å². The molecule has 0 radical (unpaired) electrons. The number of benzene rings is 1. The Balaban J connectivity index is 2.23. The van der Waals surface area contributed by atoms with Crippen LogP contribution in [0.15, 0.2) is 24.4 Å². The van der Waals surface area contributed by atoms with E-state index in [4.69, 9.17) is 16.7 Å². The summed E-state index contributed by atoms with van der Waals surface area (Å²) in [5.41, 5.74) is 0.735. The van der Waals surface area contributed by atoms with Crippen LogP contribution in [0, 0.1) is 5.92 Å². The lowest BCUT2D eigenvalue weighted by atomic mass is 10.1. The number of phenols is 1. The number of aliphatic carboxylic acids is 1. The summed E-state index contributed by atoms with van der Waals surface area (Å²) in [5, 5.41) is 19.3. The summed E-state index contributed by atoms with van der Waals surface area (Å²) in [7, 11) is 0. The zero-order valence-electron chi connectivity index (χ0n) is 10.1. The average Bonchev–Trinajstić information content (AvgIpc) is 2.77. The van der Waals surface area contributed by atoms with Crippen molar-refractivity contribution in [1.82, 2.24) is 4.98 Å². The SMILES string of the molecule is CC(Cc1cnc(-c2ccc(O)cc2Cl)s1)C(=O)O. The van der Waals surface area contributed by atoms with Crippen LogP contribution in [0.5, 0.6) is 5.75 Å². The van der Waals surface area contributed by atoms with Crippen LogP contribution < -0.4 is 0 Å². The van der Waals surface area contributed by atoms with Gasteiger partial charge in [0, 0.05) is 16.6 Å². The molecule has 1 unspecified atom stereocenters. The van der Waals surface area contributed by atoms with Crippen molar-refractivity contribution in [1.29, 1.82) is 0 Å². The number of aromatic hydroxyl groups is 1. The van der Waals surface area contributed by atoms with E-state index in [1.165, 1.54) is 17.4 Å². The third-order valence-corrected chi connectivity index (χ3v) is 4.03. The fraction of sp³-hybridized carbons (Fsp3) is 0.231. The van der Waals surface area contributed by atoms with Gasteiger partial charge in [-0.25, -0.2) is 4.98 Å². The van der Waals surface area contributed by atoms with E-state index in [9.17, 15) is 9.90 Å². The molecule has 0 saturated heterocycles. The third kappa shape index (κ3) is 3.24. The number of carbonyl (C=O) groups is 1. The number of carboxylic acid groups (broad SMARTS) is 1. The van der Waals surface area contributed by atoms with E-state index < -0.39 is 11.9 Å². The number of thiazole rings is 1. The van der Waals surface area contributed by atoms with Crippen LogP contribution >= 0.6 is 22.9 Å². The van der Waals surface area contributed by atoms with Gasteiger partial charge in [-0.05, 0) is 24.6 Å². The second-order valence-electron chi connectivity index (χ2n) is 4.24. The highest BCUT2D eigenvalue weighted by Crippen LogP contribution is 2.33. The van der Waals surface area contributed by atoms with Crippen LogP contribution in [-0.4, -0.2) is 21.2 Å². The van der Waals surface area contributed by atoms with Crippen LogP contribution in [0.3, 0.4) is 0 Å². The third-order valence-electron chi connectivity index (χ3n) is 2.67. The van der Waals surface area contributed by atoms with Crippen molar-refractivity contribution < 1.29 is 15.0 Å². The number of aromatic nitrogens is 1. The number of nitrogens with zero attached hydrogens (tertiary/aromatic N) is 1. The molecule has 1 atom stereocenters. The molecule has 0 spiro atoms. The monoisotopic (exact) mass is 297 g/mol. The Morgan fingerprint density at radius 1 is 1.53 bits per heavy atom. The normalized spacial score (nSPS) is 12.3. The molecule has 2 N–H and O–H groups in total. The lowest BCUT2D eigenvalue weighted by Crippen LogP contribution is -2.11. The van der Waals surface area contributed by atoms with E-state index in [-0.39, 0.29) is 5.75 Å². The molecule has 0 saturated carbocycles. The van der Waals surface area contributed by atoms with Crippen LogP contribution in [0.4, 0.5) is 0 Å². The standard InChI is InChI=1S/C13H12ClNO3S/c1-7(13(17)18)4-9-6-15-12(19-9)10-3-2-8(16)5-11(10)14/h2-3,5-7,16H,4H2,1H3,(H,17,18). The number of hydrogen-bond acceptors (Lipinski definition) is 4. The first kappa shape index (κ1) is 13.8. The average molecular weight is 298 g/mol. The van der Waals surface area contributed by atoms with Crippen LogP contribution in [0.25, 0.3) is 10.6 Å². The highest BCUT2D eigenvalue weighted by molar-refractivity contribution is 7.15. The molecule has 0 amide bonds. The minimum absolute atomic E-state index is 0.102. The molecule has 19 heavy (non-hydrogen) atoms. The van der Waals surface area contributed by atoms with Gasteiger partial charge in [0.15, 0.2) is 0 Å². The van der Waals surface area contributed by atoms with Crippen LogP contribution in [-0.2, 0) is 11.2 Å². The fourth-order valence-electron chi connectivity index (χ4n) is 1.59. The molecular formula is C13H12ClNO3S. The van der Waals surface area contributed by atoms with E-state index in [1.807, 2.05) is 0 Å². The molecular weight excluding hydrogens is 286 g/mol. The largest absolute Gasteiger partial charge is 0.508 e. The molecule has 0 fully saturated rings. The summed E-state index contributed by atoms with van der Waals surface area (Å²) in [5.74, 6) is -1.16. The zero-order valence-corrected chi connectivity index (χ0v) is 11.7.